The number of anilines is 2. The van der Waals surface area contributed by atoms with Crippen LogP contribution >= 0.6 is 0 Å². The number of urea groups is 1. The van der Waals surface area contributed by atoms with Gasteiger partial charge in [0.15, 0.2) is 11.5 Å². The Kier molecular flexibility index (Phi) is 9.12. The van der Waals surface area contributed by atoms with Crippen LogP contribution in [0.4, 0.5) is 16.2 Å². The molecule has 0 saturated heterocycles. The molecule has 0 radical (unpaired) electrons. The van der Waals surface area contributed by atoms with Crippen molar-refractivity contribution in [2.75, 3.05) is 36.8 Å². The molecule has 12 nitrogen and oxygen atoms in total. The van der Waals surface area contributed by atoms with Crippen molar-refractivity contribution < 1.29 is 32.4 Å². The number of aliphatic hydroxyl groups excluding tert-OH is 1. The van der Waals surface area contributed by atoms with Crippen LogP contribution in [0.25, 0.3) is 0 Å². The van der Waals surface area contributed by atoms with Gasteiger partial charge < -0.3 is 29.5 Å². The standard InChI is InChI=1S/C29H37N5O7S/c1-17-10-12-22(13-11-17)42(38,39)32-24-9-7-8-23-27(24)40-25(18(2)14-34(28(23)36)19(3)16-35)15-33(6)29(37)30-26-20(4)31-41-21(26)5/h7-13,18-19,25,32,35H,14-16H2,1-6H3,(H,30,37)/t18-,19+,25+/m0/s1. The molecule has 0 spiro atoms. The van der Waals surface area contributed by atoms with E-state index in [2.05, 4.69) is 15.2 Å². The SMILES string of the molecule is Cc1ccc(S(=O)(=O)Nc2cccc3c2O[C@H](CN(C)C(=O)Nc2c(C)noc2C)[C@@H](C)CN([C@H](C)CO)C3=O)cc1. The molecule has 1 aliphatic rings. The first-order valence-corrected chi connectivity index (χ1v) is 15.1. The highest BCUT2D eigenvalue weighted by molar-refractivity contribution is 7.92. The van der Waals surface area contributed by atoms with Crippen LogP contribution in [0.5, 0.6) is 5.75 Å². The number of aliphatic hydroxyl groups is 1. The summed E-state index contributed by atoms with van der Waals surface area (Å²) < 4.78 is 40.7. The number of sulfonamides is 1. The number of rotatable bonds is 8. The van der Waals surface area contributed by atoms with Crippen LogP contribution in [0, 0.1) is 26.7 Å². The minimum absolute atomic E-state index is 0.0457. The predicted molar refractivity (Wildman–Crippen MR) is 157 cm³/mol. The van der Waals surface area contributed by atoms with Crippen molar-refractivity contribution in [1.29, 1.82) is 0 Å². The molecule has 2 aromatic carbocycles. The van der Waals surface area contributed by atoms with Gasteiger partial charge in [-0.1, -0.05) is 35.8 Å². The number of ether oxygens (including phenoxy) is 1. The van der Waals surface area contributed by atoms with Gasteiger partial charge in [0.1, 0.15) is 17.5 Å². The molecule has 226 valence electrons. The summed E-state index contributed by atoms with van der Waals surface area (Å²) in [6, 6.07) is 10.1. The van der Waals surface area contributed by atoms with Crippen molar-refractivity contribution in [3.05, 3.63) is 65.0 Å². The second-order valence-electron chi connectivity index (χ2n) is 10.7. The van der Waals surface area contributed by atoms with Crippen LogP contribution in [0.1, 0.15) is 41.2 Å². The summed E-state index contributed by atoms with van der Waals surface area (Å²) >= 11 is 0. The zero-order valence-electron chi connectivity index (χ0n) is 24.5. The van der Waals surface area contributed by atoms with Crippen molar-refractivity contribution in [3.8, 4) is 5.75 Å². The average Bonchev–Trinajstić information content (AvgIpc) is 3.26. The number of carbonyl (C=O) groups is 2. The number of nitrogens with zero attached hydrogens (tertiary/aromatic N) is 3. The quantitative estimate of drug-likeness (QED) is 0.353. The number of hydrogen-bond acceptors (Lipinski definition) is 8. The maximum atomic E-state index is 13.7. The maximum Gasteiger partial charge on any atom is 0.321 e. The van der Waals surface area contributed by atoms with Crippen LogP contribution in [0.15, 0.2) is 51.9 Å². The topological polar surface area (TPSA) is 154 Å². The minimum atomic E-state index is -4.03. The van der Waals surface area contributed by atoms with E-state index in [1.165, 1.54) is 23.1 Å². The van der Waals surface area contributed by atoms with Crippen molar-refractivity contribution in [1.82, 2.24) is 15.0 Å². The van der Waals surface area contributed by atoms with E-state index in [0.717, 1.165) is 5.56 Å². The van der Waals surface area contributed by atoms with Gasteiger partial charge in [0.2, 0.25) is 0 Å². The first kappa shape index (κ1) is 30.8. The van der Waals surface area contributed by atoms with Crippen LogP contribution in [-0.2, 0) is 10.0 Å². The molecule has 0 bridgehead atoms. The van der Waals surface area contributed by atoms with Crippen molar-refractivity contribution >= 4 is 33.3 Å². The number of aromatic nitrogens is 1. The van der Waals surface area contributed by atoms with Crippen LogP contribution in [0.3, 0.4) is 0 Å². The molecule has 1 aromatic heterocycles. The third-order valence-electron chi connectivity index (χ3n) is 7.33. The highest BCUT2D eigenvalue weighted by Crippen LogP contribution is 2.36. The summed E-state index contributed by atoms with van der Waals surface area (Å²) in [6.07, 6.45) is -0.657. The van der Waals surface area contributed by atoms with Gasteiger partial charge in [-0.25, -0.2) is 13.2 Å². The van der Waals surface area contributed by atoms with E-state index in [1.54, 1.807) is 57.0 Å². The van der Waals surface area contributed by atoms with E-state index in [0.29, 0.717) is 17.1 Å². The molecule has 3 amide bonds. The van der Waals surface area contributed by atoms with Crippen LogP contribution < -0.4 is 14.8 Å². The van der Waals surface area contributed by atoms with Gasteiger partial charge in [0.25, 0.3) is 15.9 Å². The van der Waals surface area contributed by atoms with E-state index in [9.17, 15) is 23.1 Å². The Morgan fingerprint density at radius 1 is 1.19 bits per heavy atom. The first-order valence-electron chi connectivity index (χ1n) is 13.6. The highest BCUT2D eigenvalue weighted by atomic mass is 32.2. The number of hydrogen-bond donors (Lipinski definition) is 3. The molecule has 0 saturated carbocycles. The summed E-state index contributed by atoms with van der Waals surface area (Å²) in [6.45, 7) is 8.95. The number of carbonyl (C=O) groups excluding carboxylic acids is 2. The molecule has 3 N–H and O–H groups in total. The fourth-order valence-corrected chi connectivity index (χ4v) is 5.74. The Bertz CT molecular complexity index is 1540. The van der Waals surface area contributed by atoms with Gasteiger partial charge in [-0.15, -0.1) is 0 Å². The van der Waals surface area contributed by atoms with Crippen LogP contribution in [0.2, 0.25) is 0 Å². The van der Waals surface area contributed by atoms with Gasteiger partial charge in [0, 0.05) is 19.5 Å². The third-order valence-corrected chi connectivity index (χ3v) is 8.71. The molecular formula is C29H37N5O7S. The van der Waals surface area contributed by atoms with Gasteiger partial charge in [-0.3, -0.25) is 9.52 Å². The molecule has 3 aromatic rings. The second kappa shape index (κ2) is 12.4. The Hall–Kier alpha value is -4.10. The predicted octanol–water partition coefficient (Wildman–Crippen LogP) is 3.78. The van der Waals surface area contributed by atoms with Crippen molar-refractivity contribution in [2.45, 2.75) is 51.7 Å². The lowest BCUT2D eigenvalue weighted by molar-refractivity contribution is 0.0373. The minimum Gasteiger partial charge on any atom is -0.485 e. The number of nitrogens with one attached hydrogen (secondary N) is 2. The molecule has 2 heterocycles. The number of benzene rings is 2. The largest absolute Gasteiger partial charge is 0.485 e. The van der Waals surface area contributed by atoms with E-state index in [4.69, 9.17) is 9.26 Å². The van der Waals surface area contributed by atoms with Crippen molar-refractivity contribution in [2.24, 2.45) is 5.92 Å². The number of aryl methyl sites for hydroxylation is 3. The molecular weight excluding hydrogens is 562 g/mol. The Balaban J connectivity index is 1.70. The van der Waals surface area contributed by atoms with E-state index in [-0.39, 0.29) is 47.5 Å². The molecule has 0 unspecified atom stereocenters. The molecule has 0 aliphatic carbocycles. The van der Waals surface area contributed by atoms with Crippen LogP contribution in [-0.4, -0.2) is 79.3 Å². The van der Waals surface area contributed by atoms with Gasteiger partial charge >= 0.3 is 6.03 Å². The smallest absolute Gasteiger partial charge is 0.321 e. The lowest BCUT2D eigenvalue weighted by atomic mass is 9.99. The lowest BCUT2D eigenvalue weighted by Gasteiger charge is -2.38. The maximum absolute atomic E-state index is 13.7. The summed E-state index contributed by atoms with van der Waals surface area (Å²) in [5, 5.41) is 16.6. The van der Waals surface area contributed by atoms with Gasteiger partial charge in [-0.2, -0.15) is 0 Å². The Labute approximate surface area is 245 Å². The lowest BCUT2D eigenvalue weighted by Crippen LogP contribution is -2.50. The van der Waals surface area contributed by atoms with E-state index >= 15 is 0 Å². The number of likely N-dealkylation sites (N-methyl/N-ethyl adjacent to an activating group) is 1. The van der Waals surface area contributed by atoms with Gasteiger partial charge in [0.05, 0.1) is 35.3 Å². The fraction of sp³-hybridized carbons (Fsp3) is 0.414. The summed E-state index contributed by atoms with van der Waals surface area (Å²) in [5.74, 6) is -0.203. The second-order valence-corrected chi connectivity index (χ2v) is 12.4. The summed E-state index contributed by atoms with van der Waals surface area (Å²) in [4.78, 5) is 29.8. The van der Waals surface area contributed by atoms with Gasteiger partial charge in [-0.05, 0) is 52.0 Å². The zero-order chi connectivity index (χ0) is 30.8. The molecule has 13 heteroatoms. The Morgan fingerprint density at radius 3 is 2.50 bits per heavy atom. The molecule has 42 heavy (non-hydrogen) atoms. The van der Waals surface area contributed by atoms with Crippen molar-refractivity contribution in [3.63, 3.8) is 0 Å². The van der Waals surface area contributed by atoms with E-state index in [1.807, 2.05) is 13.8 Å². The summed E-state index contributed by atoms with van der Waals surface area (Å²) in [5.41, 5.74) is 2.14. The average molecular weight is 600 g/mol. The monoisotopic (exact) mass is 599 g/mol. The summed E-state index contributed by atoms with van der Waals surface area (Å²) in [7, 11) is -2.42. The number of para-hydroxylation sites is 1. The molecule has 3 atom stereocenters. The van der Waals surface area contributed by atoms with E-state index < -0.39 is 34.1 Å². The third kappa shape index (κ3) is 6.52. The zero-order valence-corrected chi connectivity index (χ0v) is 25.4. The molecule has 1 aliphatic heterocycles. The Morgan fingerprint density at radius 2 is 1.88 bits per heavy atom. The number of amides is 3. The number of fused-ring (bicyclic) bond motifs is 1. The highest BCUT2D eigenvalue weighted by Gasteiger charge is 2.35. The normalized spacial score (nSPS) is 17.9. The molecule has 4 rings (SSSR count). The molecule has 0 fully saturated rings. The fourth-order valence-electron chi connectivity index (χ4n) is 4.68. The first-order chi connectivity index (χ1) is 19.8.